The molecule has 4 heteroatoms. The predicted octanol–water partition coefficient (Wildman–Crippen LogP) is 9.37. The van der Waals surface area contributed by atoms with Crippen LogP contribution in [0.5, 0.6) is 0 Å². The molecule has 0 atom stereocenters. The van der Waals surface area contributed by atoms with Crippen molar-refractivity contribution in [3.8, 4) is 0 Å². The minimum Gasteiger partial charge on any atom is -0.307 e. The zero-order valence-electron chi connectivity index (χ0n) is 22.2. The maximum atomic E-state index is 13.7. The van der Waals surface area contributed by atoms with E-state index in [0.717, 1.165) is 22.7 Å². The fourth-order valence-corrected chi connectivity index (χ4v) is 6.51. The third-order valence-corrected chi connectivity index (χ3v) is 8.63. The number of anilines is 1. The number of nitrogens with zero attached hydrogens (tertiary/aromatic N) is 2. The smallest absolute Gasteiger partial charge is 0.270 e. The van der Waals surface area contributed by atoms with Gasteiger partial charge in [0.2, 0.25) is 0 Å². The molecule has 1 saturated carbocycles. The second kappa shape index (κ2) is 15.5. The van der Waals surface area contributed by atoms with Crippen LogP contribution >= 0.6 is 11.3 Å². The van der Waals surface area contributed by atoms with Gasteiger partial charge in [-0.3, -0.25) is 4.79 Å². The summed E-state index contributed by atoms with van der Waals surface area (Å²) in [5, 5.41) is 1.21. The molecule has 3 nitrogen and oxygen atoms in total. The normalized spacial score (nSPS) is 17.7. The third-order valence-electron chi connectivity index (χ3n) is 7.39. The predicted molar refractivity (Wildman–Crippen MR) is 157 cm³/mol. The van der Waals surface area contributed by atoms with Crippen LogP contribution in [0.3, 0.4) is 0 Å². The van der Waals surface area contributed by atoms with Crippen LogP contribution in [0.15, 0.2) is 78.9 Å². The lowest BCUT2D eigenvalue weighted by Crippen LogP contribution is -2.36. The summed E-state index contributed by atoms with van der Waals surface area (Å²) in [5.74, 6) is 0.607. The van der Waals surface area contributed by atoms with Gasteiger partial charge < -0.3 is 4.90 Å². The Bertz CT molecular complexity index is 1060. The lowest BCUT2D eigenvalue weighted by atomic mass is 9.95. The van der Waals surface area contributed by atoms with Crippen LogP contribution in [0.25, 0.3) is 0 Å². The van der Waals surface area contributed by atoms with Crippen LogP contribution < -0.4 is 4.90 Å². The number of carbonyl (C=O) groups excluding carboxylic acids is 1. The van der Waals surface area contributed by atoms with Gasteiger partial charge in [-0.15, -0.1) is 11.3 Å². The maximum absolute atomic E-state index is 13.7. The maximum Gasteiger partial charge on any atom is 0.270 e. The number of hydrogen-bond donors (Lipinski definition) is 0. The first-order valence-electron chi connectivity index (χ1n) is 14.4. The number of hydrogen-bond acceptors (Lipinski definition) is 3. The zero-order chi connectivity index (χ0) is 25.5. The average molecular weight is 515 g/mol. The van der Waals surface area contributed by atoms with Crippen molar-refractivity contribution >= 4 is 22.9 Å². The fourth-order valence-electron chi connectivity index (χ4n) is 5.28. The molecule has 1 aromatic heterocycles. The molecule has 0 saturated heterocycles. The van der Waals surface area contributed by atoms with E-state index in [1.807, 2.05) is 83.8 Å². The Morgan fingerprint density at radius 3 is 1.62 bits per heavy atom. The molecule has 4 rings (SSSR count). The van der Waals surface area contributed by atoms with Gasteiger partial charge in [0.25, 0.3) is 5.91 Å². The Morgan fingerprint density at radius 1 is 0.649 bits per heavy atom. The second-order valence-electron chi connectivity index (χ2n) is 10.2. The SMILES string of the molecule is O=C1c2sc(C3CCCCCCCCCCCC3)nc2CCN1c1ccccccccccccc1. The van der Waals surface area contributed by atoms with Gasteiger partial charge in [-0.2, -0.15) is 0 Å². The summed E-state index contributed by atoms with van der Waals surface area (Å²) in [4.78, 5) is 21.5. The Kier molecular flexibility index (Phi) is 11.5. The van der Waals surface area contributed by atoms with Crippen LogP contribution in [0.2, 0.25) is 0 Å². The van der Waals surface area contributed by atoms with Crippen molar-refractivity contribution in [2.75, 3.05) is 11.4 Å². The molecule has 1 amide bonds. The quantitative estimate of drug-likeness (QED) is 0.400. The molecular formula is C33H42N2OS. The van der Waals surface area contributed by atoms with Crippen LogP contribution in [0, 0.1) is 0 Å². The van der Waals surface area contributed by atoms with Crippen molar-refractivity contribution in [2.24, 2.45) is 0 Å². The lowest BCUT2D eigenvalue weighted by Gasteiger charge is -2.25. The largest absolute Gasteiger partial charge is 0.307 e. The molecule has 1 fully saturated rings. The monoisotopic (exact) mass is 514 g/mol. The van der Waals surface area contributed by atoms with Gasteiger partial charge in [0, 0.05) is 24.6 Å². The van der Waals surface area contributed by atoms with E-state index in [4.69, 9.17) is 4.98 Å². The van der Waals surface area contributed by atoms with E-state index in [9.17, 15) is 4.79 Å². The lowest BCUT2D eigenvalue weighted by molar-refractivity contribution is 0.0984. The summed E-state index contributed by atoms with van der Waals surface area (Å²) in [6.07, 6.45) is 16.8. The van der Waals surface area contributed by atoms with Gasteiger partial charge >= 0.3 is 0 Å². The molecule has 2 aliphatic rings. The molecule has 0 radical (unpaired) electrons. The van der Waals surface area contributed by atoms with E-state index in [2.05, 4.69) is 0 Å². The molecule has 196 valence electrons. The molecule has 37 heavy (non-hydrogen) atoms. The zero-order valence-corrected chi connectivity index (χ0v) is 23.0. The van der Waals surface area contributed by atoms with Crippen molar-refractivity contribution in [3.63, 3.8) is 0 Å². The summed E-state index contributed by atoms with van der Waals surface area (Å²) >= 11 is 1.67. The molecule has 0 N–H and O–H groups in total. The third kappa shape index (κ3) is 8.67. The van der Waals surface area contributed by atoms with Crippen molar-refractivity contribution in [1.29, 1.82) is 0 Å². The van der Waals surface area contributed by atoms with Crippen LogP contribution in [-0.2, 0) is 6.42 Å². The summed E-state index contributed by atoms with van der Waals surface area (Å²) < 4.78 is 0. The summed E-state index contributed by atoms with van der Waals surface area (Å²) in [6, 6.07) is 26.1. The highest BCUT2D eigenvalue weighted by atomic mass is 32.1. The van der Waals surface area contributed by atoms with Crippen molar-refractivity contribution in [1.82, 2.24) is 4.98 Å². The average Bonchev–Trinajstić information content (AvgIpc) is 3.35. The van der Waals surface area contributed by atoms with Crippen LogP contribution in [-0.4, -0.2) is 17.4 Å². The van der Waals surface area contributed by atoms with Gasteiger partial charge in [0.1, 0.15) is 4.88 Å². The Labute approximate surface area is 227 Å². The Morgan fingerprint density at radius 2 is 1.11 bits per heavy atom. The van der Waals surface area contributed by atoms with Crippen LogP contribution in [0.1, 0.15) is 103 Å². The minimum absolute atomic E-state index is 0.0995. The first-order chi connectivity index (χ1) is 18.3. The van der Waals surface area contributed by atoms with Crippen molar-refractivity contribution < 1.29 is 4.79 Å². The highest BCUT2D eigenvalue weighted by molar-refractivity contribution is 7.14. The number of aromatic nitrogens is 1. The van der Waals surface area contributed by atoms with Gasteiger partial charge in [0.05, 0.1) is 10.7 Å². The highest BCUT2D eigenvalue weighted by Gasteiger charge is 2.30. The molecule has 0 spiro atoms. The molecule has 0 bridgehead atoms. The first kappa shape index (κ1) is 27.3. The van der Waals surface area contributed by atoms with Crippen molar-refractivity contribution in [3.05, 3.63) is 94.4 Å². The van der Waals surface area contributed by atoms with E-state index >= 15 is 0 Å². The van der Waals surface area contributed by atoms with E-state index in [1.165, 1.54) is 82.1 Å². The molecule has 0 unspecified atom stereocenters. The Hall–Kier alpha value is -2.72. The fraction of sp³-hybridized carbons (Fsp3) is 0.455. The summed E-state index contributed by atoms with van der Waals surface area (Å²) in [7, 11) is 0. The van der Waals surface area contributed by atoms with Gasteiger partial charge in [-0.05, 0) is 25.0 Å². The summed E-state index contributed by atoms with van der Waals surface area (Å²) in [5.41, 5.74) is 1.93. The number of thiazole rings is 1. The van der Waals surface area contributed by atoms with E-state index in [-0.39, 0.29) is 5.91 Å². The van der Waals surface area contributed by atoms with Gasteiger partial charge in [-0.1, -0.05) is 131 Å². The Balaban J connectivity index is 1.54. The van der Waals surface area contributed by atoms with Gasteiger partial charge in [-0.25, -0.2) is 4.98 Å². The number of fused-ring (bicyclic) bond motifs is 1. The molecule has 2 aromatic rings. The van der Waals surface area contributed by atoms with Gasteiger partial charge in [0.15, 0.2) is 0 Å². The standard InChI is InChI=1S/C33H42N2OS/c36-33-31-30(34-32(37-31)28-22-18-14-10-6-4-5-7-11-15-19-23-28)26-27-35(33)29-24-20-16-12-8-2-1-3-9-13-17-21-25-29/h1-3,8-9,12-13,16-17,20-21,24-25,28H,4-7,10-11,14-15,18-19,22-23,26-27H2. The number of carbonyl (C=O) groups is 1. The molecular weight excluding hydrogens is 472 g/mol. The van der Waals surface area contributed by atoms with Crippen molar-refractivity contribution in [2.45, 2.75) is 89.4 Å². The highest BCUT2D eigenvalue weighted by Crippen LogP contribution is 2.36. The van der Waals surface area contributed by atoms with E-state index < -0.39 is 0 Å². The topological polar surface area (TPSA) is 33.2 Å². The molecule has 1 aliphatic heterocycles. The van der Waals surface area contributed by atoms with E-state index in [0.29, 0.717) is 12.5 Å². The molecule has 2 heterocycles. The first-order valence-corrected chi connectivity index (χ1v) is 15.2. The van der Waals surface area contributed by atoms with E-state index in [1.54, 1.807) is 11.3 Å². The molecule has 1 aliphatic carbocycles. The second-order valence-corrected chi connectivity index (χ2v) is 11.3. The number of amides is 1. The number of rotatable bonds is 2. The summed E-state index contributed by atoms with van der Waals surface area (Å²) in [6.45, 7) is 0.673. The molecule has 1 aromatic carbocycles. The minimum atomic E-state index is 0.0995. The van der Waals surface area contributed by atoms with Crippen LogP contribution in [0.4, 0.5) is 5.69 Å².